The number of nitrogen functional groups attached to an aromatic ring is 1. The summed E-state index contributed by atoms with van der Waals surface area (Å²) in [6.07, 6.45) is 6.02. The maximum Gasteiger partial charge on any atom is 0.240 e. The van der Waals surface area contributed by atoms with Crippen LogP contribution in [-0.2, 0) is 10.0 Å². The Balaban J connectivity index is 2.99. The molecule has 0 spiro atoms. The maximum atomic E-state index is 13.0. The van der Waals surface area contributed by atoms with Crippen LogP contribution in [0.15, 0.2) is 23.1 Å². The fourth-order valence-corrected chi connectivity index (χ4v) is 2.74. The number of hydrogen-bond acceptors (Lipinski definition) is 3. The highest BCUT2D eigenvalue weighted by Gasteiger charge is 2.19. The number of sulfonamides is 1. The third kappa shape index (κ3) is 3.45. The monoisotopic (exact) mass is 270 g/mol. The minimum Gasteiger partial charge on any atom is -0.396 e. The van der Waals surface area contributed by atoms with Crippen molar-refractivity contribution >= 4 is 15.7 Å². The fourth-order valence-electron chi connectivity index (χ4n) is 1.39. The van der Waals surface area contributed by atoms with Gasteiger partial charge in [-0.1, -0.05) is 6.92 Å². The first-order valence-electron chi connectivity index (χ1n) is 5.41. The molecule has 0 radical (unpaired) electrons. The molecule has 6 heteroatoms. The molecule has 98 valence electrons. The van der Waals surface area contributed by atoms with E-state index >= 15 is 0 Å². The van der Waals surface area contributed by atoms with Gasteiger partial charge in [-0.25, -0.2) is 17.5 Å². The molecule has 0 saturated heterocycles. The van der Waals surface area contributed by atoms with Crippen molar-refractivity contribution in [1.29, 1.82) is 0 Å². The van der Waals surface area contributed by atoms with Crippen LogP contribution in [0.2, 0.25) is 0 Å². The molecule has 0 fully saturated rings. The molecule has 0 heterocycles. The number of benzene rings is 1. The number of halogens is 1. The van der Waals surface area contributed by atoms with E-state index in [1.54, 1.807) is 0 Å². The van der Waals surface area contributed by atoms with Gasteiger partial charge in [0.2, 0.25) is 10.0 Å². The maximum absolute atomic E-state index is 13.0. The lowest BCUT2D eigenvalue weighted by molar-refractivity contribution is 0.543. The molecule has 18 heavy (non-hydrogen) atoms. The second-order valence-corrected chi connectivity index (χ2v) is 5.53. The first-order valence-corrected chi connectivity index (χ1v) is 6.89. The number of anilines is 1. The van der Waals surface area contributed by atoms with Gasteiger partial charge in [0.1, 0.15) is 5.82 Å². The highest BCUT2D eigenvalue weighted by atomic mass is 32.2. The van der Waals surface area contributed by atoms with Gasteiger partial charge in [-0.15, -0.1) is 12.3 Å². The van der Waals surface area contributed by atoms with E-state index in [1.165, 1.54) is 0 Å². The van der Waals surface area contributed by atoms with E-state index in [2.05, 4.69) is 10.6 Å². The molecule has 0 aliphatic rings. The standard InChI is InChI=1S/C12H15FN2O2S/c1-3-5-9(4-2)15-18(16,17)10-6-7-11(13)12(14)8-10/h1,6-9,15H,4-5,14H2,2H3. The fraction of sp³-hybridized carbons (Fsp3) is 0.333. The Morgan fingerprint density at radius 1 is 1.56 bits per heavy atom. The average Bonchev–Trinajstić information content (AvgIpc) is 2.31. The zero-order valence-electron chi connectivity index (χ0n) is 9.98. The molecule has 0 aliphatic heterocycles. The van der Waals surface area contributed by atoms with Crippen molar-refractivity contribution in [2.45, 2.75) is 30.7 Å². The summed E-state index contributed by atoms with van der Waals surface area (Å²) < 4.78 is 39.4. The Bertz CT molecular complexity index is 564. The molecule has 0 bridgehead atoms. The topological polar surface area (TPSA) is 72.2 Å². The van der Waals surface area contributed by atoms with Gasteiger partial charge in [-0.3, -0.25) is 0 Å². The normalized spacial score (nSPS) is 12.9. The lowest BCUT2D eigenvalue weighted by Gasteiger charge is -2.14. The number of hydrogen-bond donors (Lipinski definition) is 2. The molecule has 1 atom stereocenters. The van der Waals surface area contributed by atoms with Crippen molar-refractivity contribution in [3.63, 3.8) is 0 Å². The van der Waals surface area contributed by atoms with Crippen molar-refractivity contribution in [1.82, 2.24) is 4.72 Å². The molecular weight excluding hydrogens is 255 g/mol. The predicted octanol–water partition coefficient (Wildman–Crippen LogP) is 1.49. The van der Waals surface area contributed by atoms with Crippen molar-refractivity contribution < 1.29 is 12.8 Å². The smallest absolute Gasteiger partial charge is 0.240 e. The average molecular weight is 270 g/mol. The Morgan fingerprint density at radius 2 is 2.22 bits per heavy atom. The van der Waals surface area contributed by atoms with E-state index in [0.717, 1.165) is 18.2 Å². The lowest BCUT2D eigenvalue weighted by atomic mass is 10.2. The van der Waals surface area contributed by atoms with Crippen molar-refractivity contribution in [3.8, 4) is 12.3 Å². The molecular formula is C12H15FN2O2S. The summed E-state index contributed by atoms with van der Waals surface area (Å²) in [7, 11) is -3.73. The zero-order chi connectivity index (χ0) is 13.8. The van der Waals surface area contributed by atoms with Crippen LogP contribution < -0.4 is 10.5 Å². The molecule has 0 amide bonds. The van der Waals surface area contributed by atoms with E-state index < -0.39 is 15.8 Å². The van der Waals surface area contributed by atoms with Gasteiger partial charge >= 0.3 is 0 Å². The van der Waals surface area contributed by atoms with Crippen molar-refractivity contribution in [3.05, 3.63) is 24.0 Å². The molecule has 1 unspecified atom stereocenters. The summed E-state index contributed by atoms with van der Waals surface area (Å²) >= 11 is 0. The molecule has 0 aliphatic carbocycles. The molecule has 0 aromatic heterocycles. The molecule has 1 rings (SSSR count). The first kappa shape index (κ1) is 14.5. The van der Waals surface area contributed by atoms with E-state index in [-0.39, 0.29) is 16.6 Å². The number of rotatable bonds is 5. The zero-order valence-corrected chi connectivity index (χ0v) is 10.8. The van der Waals surface area contributed by atoms with Gasteiger partial charge < -0.3 is 5.73 Å². The van der Waals surface area contributed by atoms with E-state index in [9.17, 15) is 12.8 Å². The van der Waals surface area contributed by atoms with Gasteiger partial charge in [-0.05, 0) is 24.6 Å². The van der Waals surface area contributed by atoms with Gasteiger partial charge in [0.05, 0.1) is 10.6 Å². The Labute approximate surface area is 106 Å². The van der Waals surface area contributed by atoms with Crippen LogP contribution in [0.3, 0.4) is 0 Å². The summed E-state index contributed by atoms with van der Waals surface area (Å²) in [5.74, 6) is 1.75. The van der Waals surface area contributed by atoms with Crippen LogP contribution in [0.1, 0.15) is 19.8 Å². The molecule has 0 saturated carbocycles. The second kappa shape index (κ2) is 5.85. The van der Waals surface area contributed by atoms with Crippen molar-refractivity contribution in [2.75, 3.05) is 5.73 Å². The Kier molecular flexibility index (Phi) is 4.70. The number of nitrogens with two attached hydrogens (primary N) is 1. The number of terminal acetylenes is 1. The minimum absolute atomic E-state index is 0.0723. The Hall–Kier alpha value is -1.58. The summed E-state index contributed by atoms with van der Waals surface area (Å²) in [6.45, 7) is 1.82. The number of nitrogens with one attached hydrogen (secondary N) is 1. The summed E-state index contributed by atoms with van der Waals surface area (Å²) in [6, 6.07) is 2.93. The third-order valence-electron chi connectivity index (χ3n) is 2.46. The van der Waals surface area contributed by atoms with E-state index in [4.69, 9.17) is 12.2 Å². The van der Waals surface area contributed by atoms with Gasteiger partial charge in [0.15, 0.2) is 0 Å². The van der Waals surface area contributed by atoms with Crippen LogP contribution in [0.4, 0.5) is 10.1 Å². The van der Waals surface area contributed by atoms with Crippen LogP contribution in [0, 0.1) is 18.2 Å². The minimum atomic E-state index is -3.73. The van der Waals surface area contributed by atoms with Gasteiger partial charge in [-0.2, -0.15) is 0 Å². The lowest BCUT2D eigenvalue weighted by Crippen LogP contribution is -2.34. The van der Waals surface area contributed by atoms with Gasteiger partial charge in [0.25, 0.3) is 0 Å². The first-order chi connectivity index (χ1) is 8.40. The van der Waals surface area contributed by atoms with Crippen LogP contribution >= 0.6 is 0 Å². The molecule has 1 aromatic rings. The molecule has 4 nitrogen and oxygen atoms in total. The van der Waals surface area contributed by atoms with Crippen LogP contribution in [-0.4, -0.2) is 14.5 Å². The molecule has 3 N–H and O–H groups in total. The van der Waals surface area contributed by atoms with Gasteiger partial charge in [0, 0.05) is 12.5 Å². The quantitative estimate of drug-likeness (QED) is 0.629. The highest BCUT2D eigenvalue weighted by molar-refractivity contribution is 7.89. The SMILES string of the molecule is C#CCC(CC)NS(=O)(=O)c1ccc(F)c(N)c1. The van der Waals surface area contributed by atoms with Crippen LogP contribution in [0.5, 0.6) is 0 Å². The van der Waals surface area contributed by atoms with Crippen molar-refractivity contribution in [2.24, 2.45) is 0 Å². The largest absolute Gasteiger partial charge is 0.396 e. The molecule has 1 aromatic carbocycles. The second-order valence-electron chi connectivity index (χ2n) is 3.82. The summed E-state index contributed by atoms with van der Waals surface area (Å²) in [5.41, 5.74) is 5.13. The predicted molar refractivity (Wildman–Crippen MR) is 68.7 cm³/mol. The summed E-state index contributed by atoms with van der Waals surface area (Å²) in [4.78, 5) is -0.0723. The van der Waals surface area contributed by atoms with E-state index in [0.29, 0.717) is 12.8 Å². The summed E-state index contributed by atoms with van der Waals surface area (Å²) in [5, 5.41) is 0. The highest BCUT2D eigenvalue weighted by Crippen LogP contribution is 2.17. The van der Waals surface area contributed by atoms with E-state index in [1.807, 2.05) is 6.92 Å². The third-order valence-corrected chi connectivity index (χ3v) is 3.97. The Morgan fingerprint density at radius 3 is 2.72 bits per heavy atom. The van der Waals surface area contributed by atoms with Crippen LogP contribution in [0.25, 0.3) is 0 Å².